The number of rotatable bonds is 7. The van der Waals surface area contributed by atoms with Gasteiger partial charge in [-0.2, -0.15) is 10.2 Å². The van der Waals surface area contributed by atoms with Gasteiger partial charge >= 0.3 is 0 Å². The summed E-state index contributed by atoms with van der Waals surface area (Å²) in [5.74, 6) is 1.55. The molecule has 1 aromatic heterocycles. The molecule has 3 rings (SSSR count). The zero-order chi connectivity index (χ0) is 20.8. The van der Waals surface area contributed by atoms with Crippen molar-refractivity contribution in [2.75, 3.05) is 0 Å². The average molecular weight is 406 g/mol. The minimum Gasteiger partial charge on any atom is -0.439 e. The van der Waals surface area contributed by atoms with Crippen LogP contribution >= 0.6 is 11.8 Å². The first kappa shape index (κ1) is 20.3. The Hall–Kier alpha value is -3.44. The molecule has 1 heterocycles. The summed E-state index contributed by atoms with van der Waals surface area (Å²) in [6.07, 6.45) is 0. The van der Waals surface area contributed by atoms with E-state index in [2.05, 4.69) is 16.0 Å². The van der Waals surface area contributed by atoms with Gasteiger partial charge in [-0.15, -0.1) is 0 Å². The lowest BCUT2D eigenvalue weighted by Gasteiger charge is -2.11. The van der Waals surface area contributed by atoms with Crippen LogP contribution in [0.4, 0.5) is 5.69 Å². The lowest BCUT2D eigenvalue weighted by Crippen LogP contribution is -2.00. The summed E-state index contributed by atoms with van der Waals surface area (Å²) in [6.45, 7) is 4.05. The number of benzene rings is 2. The molecule has 0 saturated heterocycles. The summed E-state index contributed by atoms with van der Waals surface area (Å²) in [5.41, 5.74) is 2.36. The fraction of sp³-hybridized carbons (Fsp3) is 0.190. The van der Waals surface area contributed by atoms with Crippen LogP contribution in [0.3, 0.4) is 0 Å². The van der Waals surface area contributed by atoms with Crippen LogP contribution < -0.4 is 4.74 Å². The number of thioether (sulfide) groups is 1. The highest BCUT2D eigenvalue weighted by Gasteiger charge is 2.12. The van der Waals surface area contributed by atoms with Crippen molar-refractivity contribution in [3.05, 3.63) is 81.5 Å². The molecule has 0 spiro atoms. The molecule has 2 aromatic carbocycles. The summed E-state index contributed by atoms with van der Waals surface area (Å²) >= 11 is 1.42. The van der Waals surface area contributed by atoms with Gasteiger partial charge in [0.15, 0.2) is 5.16 Å². The first-order chi connectivity index (χ1) is 14.0. The normalized spacial score (nSPS) is 10.6. The number of non-ortho nitro benzene ring substituents is 1. The van der Waals surface area contributed by atoms with Gasteiger partial charge in [0.05, 0.1) is 22.2 Å². The molecule has 0 amide bonds. The largest absolute Gasteiger partial charge is 0.439 e. The zero-order valence-electron chi connectivity index (χ0n) is 15.9. The van der Waals surface area contributed by atoms with E-state index < -0.39 is 4.92 Å². The van der Waals surface area contributed by atoms with Gasteiger partial charge in [0.25, 0.3) is 5.69 Å². The van der Waals surface area contributed by atoms with E-state index in [1.54, 1.807) is 12.1 Å². The van der Waals surface area contributed by atoms with Gasteiger partial charge in [0.2, 0.25) is 5.88 Å². The number of nitriles is 1. The van der Waals surface area contributed by atoms with Crippen molar-refractivity contribution in [1.29, 1.82) is 5.26 Å². The molecule has 0 radical (unpaired) electrons. The van der Waals surface area contributed by atoms with E-state index in [0.717, 1.165) is 11.3 Å². The van der Waals surface area contributed by atoms with Crippen LogP contribution in [0.1, 0.15) is 36.6 Å². The topological polar surface area (TPSA) is 102 Å². The Bertz CT molecular complexity index is 1060. The smallest absolute Gasteiger partial charge is 0.269 e. The van der Waals surface area contributed by atoms with Crippen molar-refractivity contribution in [3.63, 3.8) is 0 Å². The molecule has 0 unspecified atom stereocenters. The Kier molecular flexibility index (Phi) is 6.42. The summed E-state index contributed by atoms with van der Waals surface area (Å²) < 4.78 is 5.80. The highest BCUT2D eigenvalue weighted by atomic mass is 32.2. The average Bonchev–Trinajstić information content (AvgIpc) is 2.72. The second-order valence-electron chi connectivity index (χ2n) is 6.48. The van der Waals surface area contributed by atoms with Gasteiger partial charge in [-0.1, -0.05) is 43.8 Å². The molecule has 146 valence electrons. The molecule has 0 aliphatic carbocycles. The fourth-order valence-corrected chi connectivity index (χ4v) is 3.35. The first-order valence-corrected chi connectivity index (χ1v) is 9.87. The Balaban J connectivity index is 1.82. The van der Waals surface area contributed by atoms with Crippen LogP contribution in [-0.4, -0.2) is 14.9 Å². The molecule has 3 aromatic rings. The molecular weight excluding hydrogens is 388 g/mol. The van der Waals surface area contributed by atoms with Gasteiger partial charge in [0.1, 0.15) is 5.75 Å². The van der Waals surface area contributed by atoms with Crippen LogP contribution in [0.15, 0.2) is 59.8 Å². The monoisotopic (exact) mass is 406 g/mol. The van der Waals surface area contributed by atoms with Crippen molar-refractivity contribution in [3.8, 4) is 17.7 Å². The lowest BCUT2D eigenvalue weighted by molar-refractivity contribution is -0.384. The Labute approximate surface area is 172 Å². The quantitative estimate of drug-likeness (QED) is 0.222. The highest BCUT2D eigenvalue weighted by Crippen LogP contribution is 2.29. The molecule has 0 aliphatic rings. The third-order valence-electron chi connectivity index (χ3n) is 4.06. The van der Waals surface area contributed by atoms with Crippen LogP contribution in [0.5, 0.6) is 11.6 Å². The van der Waals surface area contributed by atoms with E-state index in [1.165, 1.54) is 36.0 Å². The number of aromatic nitrogens is 2. The minimum atomic E-state index is -0.459. The summed E-state index contributed by atoms with van der Waals surface area (Å²) in [7, 11) is 0. The predicted octanol–water partition coefficient (Wildman–Crippen LogP) is 5.46. The maximum absolute atomic E-state index is 10.8. The van der Waals surface area contributed by atoms with E-state index in [0.29, 0.717) is 28.1 Å². The molecule has 8 heteroatoms. The van der Waals surface area contributed by atoms with E-state index >= 15 is 0 Å². The standard InChI is InChI=1S/C21H18N4O3S/c1-14(2)19-11-20(28-18-9-7-17(8-10-18)25(26)27)24-21(23-19)29-13-16-6-4-3-5-15(16)12-22/h3-11,14H,13H2,1-2H3. The molecular formula is C21H18N4O3S. The molecule has 0 aliphatic heterocycles. The summed E-state index contributed by atoms with van der Waals surface area (Å²) in [4.78, 5) is 19.4. The molecule has 0 saturated carbocycles. The third kappa shape index (κ3) is 5.30. The second-order valence-corrected chi connectivity index (χ2v) is 7.42. The van der Waals surface area contributed by atoms with Crippen LogP contribution in [0.2, 0.25) is 0 Å². The number of ether oxygens (including phenoxy) is 1. The van der Waals surface area contributed by atoms with Crippen LogP contribution in [0.25, 0.3) is 0 Å². The van der Waals surface area contributed by atoms with Gasteiger partial charge in [-0.05, 0) is 29.7 Å². The fourth-order valence-electron chi connectivity index (χ4n) is 2.49. The predicted molar refractivity (Wildman–Crippen MR) is 110 cm³/mol. The minimum absolute atomic E-state index is 0.00434. The van der Waals surface area contributed by atoms with Crippen molar-refractivity contribution >= 4 is 17.4 Å². The third-order valence-corrected chi connectivity index (χ3v) is 4.95. The summed E-state index contributed by atoms with van der Waals surface area (Å²) in [5, 5.41) is 20.6. The van der Waals surface area contributed by atoms with E-state index in [4.69, 9.17) is 4.74 Å². The molecule has 0 bridgehead atoms. The zero-order valence-corrected chi connectivity index (χ0v) is 16.7. The van der Waals surface area contributed by atoms with E-state index in [1.807, 2.05) is 32.0 Å². The highest BCUT2D eigenvalue weighted by molar-refractivity contribution is 7.98. The molecule has 0 N–H and O–H groups in total. The number of hydrogen-bond acceptors (Lipinski definition) is 7. The van der Waals surface area contributed by atoms with Gasteiger partial charge in [-0.25, -0.2) is 4.98 Å². The van der Waals surface area contributed by atoms with Crippen molar-refractivity contribution in [1.82, 2.24) is 9.97 Å². The van der Waals surface area contributed by atoms with Gasteiger partial charge in [0, 0.05) is 24.0 Å². The SMILES string of the molecule is CC(C)c1cc(Oc2ccc([N+](=O)[O-])cc2)nc(SCc2ccccc2C#N)n1. The Morgan fingerprint density at radius 2 is 1.90 bits per heavy atom. The number of hydrogen-bond donors (Lipinski definition) is 0. The van der Waals surface area contributed by atoms with E-state index in [-0.39, 0.29) is 11.6 Å². The second kappa shape index (κ2) is 9.17. The van der Waals surface area contributed by atoms with Crippen LogP contribution in [-0.2, 0) is 5.75 Å². The maximum atomic E-state index is 10.8. The number of nitro groups is 1. The maximum Gasteiger partial charge on any atom is 0.269 e. The Morgan fingerprint density at radius 3 is 2.55 bits per heavy atom. The van der Waals surface area contributed by atoms with Crippen molar-refractivity contribution < 1.29 is 9.66 Å². The number of nitrogens with zero attached hydrogens (tertiary/aromatic N) is 4. The van der Waals surface area contributed by atoms with Gasteiger partial charge < -0.3 is 4.74 Å². The van der Waals surface area contributed by atoms with Crippen molar-refractivity contribution in [2.24, 2.45) is 0 Å². The van der Waals surface area contributed by atoms with E-state index in [9.17, 15) is 15.4 Å². The Morgan fingerprint density at radius 1 is 1.17 bits per heavy atom. The number of nitro benzene ring substituents is 1. The molecule has 29 heavy (non-hydrogen) atoms. The van der Waals surface area contributed by atoms with Crippen molar-refractivity contribution in [2.45, 2.75) is 30.7 Å². The first-order valence-electron chi connectivity index (χ1n) is 8.88. The summed E-state index contributed by atoms with van der Waals surface area (Å²) in [6, 6.07) is 17.2. The van der Waals surface area contributed by atoms with Crippen LogP contribution in [0, 0.1) is 21.4 Å². The molecule has 0 atom stereocenters. The molecule has 7 nitrogen and oxygen atoms in total. The lowest BCUT2D eigenvalue weighted by atomic mass is 10.1. The molecule has 0 fully saturated rings. The van der Waals surface area contributed by atoms with Gasteiger partial charge in [-0.3, -0.25) is 10.1 Å².